The summed E-state index contributed by atoms with van der Waals surface area (Å²) in [6, 6.07) is 21.6. The number of halogens is 3. The Labute approximate surface area is 218 Å². The fourth-order valence-electron chi connectivity index (χ4n) is 4.59. The Morgan fingerprint density at radius 1 is 0.946 bits per heavy atom. The van der Waals surface area contributed by atoms with E-state index in [2.05, 4.69) is 10.3 Å². The van der Waals surface area contributed by atoms with Gasteiger partial charge in [0.25, 0.3) is 0 Å². The minimum Gasteiger partial charge on any atom is -0.491 e. The highest BCUT2D eigenvalue weighted by molar-refractivity contribution is 7.80. The van der Waals surface area contributed by atoms with Crippen molar-refractivity contribution in [1.29, 1.82) is 0 Å². The maximum atomic E-state index is 13.5. The first-order valence-electron chi connectivity index (χ1n) is 11.8. The predicted octanol–water partition coefficient (Wildman–Crippen LogP) is 6.86. The number of pyridine rings is 1. The quantitative estimate of drug-likeness (QED) is 0.281. The summed E-state index contributed by atoms with van der Waals surface area (Å²) in [6.07, 6.45) is -0.928. The molecule has 2 atom stereocenters. The van der Waals surface area contributed by atoms with E-state index in [1.807, 2.05) is 73.3 Å². The van der Waals surface area contributed by atoms with Gasteiger partial charge in [-0.3, -0.25) is 4.98 Å². The van der Waals surface area contributed by atoms with Crippen molar-refractivity contribution in [3.8, 4) is 11.4 Å². The molecule has 0 unspecified atom stereocenters. The molecule has 2 aromatic carbocycles. The van der Waals surface area contributed by atoms with E-state index in [9.17, 15) is 13.2 Å². The van der Waals surface area contributed by atoms with Gasteiger partial charge in [0.1, 0.15) is 11.8 Å². The van der Waals surface area contributed by atoms with Crippen molar-refractivity contribution in [3.63, 3.8) is 0 Å². The zero-order valence-corrected chi connectivity index (χ0v) is 21.0. The molecule has 1 aliphatic rings. The van der Waals surface area contributed by atoms with Gasteiger partial charge in [-0.1, -0.05) is 12.1 Å². The standard InChI is InChI=1S/C28H25F3N4OS/c1-18(2)36-22-13-11-20(12-14-22)35-26(25(33-27(35)37)23-9-3-4-15-32-23)24-10-6-16-34(24)21-8-5-7-19(17-21)28(29,30)31/h3-18,25-26H,1-2H3,(H,33,37)/t25-,26+/m1/s1. The maximum absolute atomic E-state index is 13.5. The van der Waals surface area contributed by atoms with Crippen molar-refractivity contribution in [3.05, 3.63) is 108 Å². The average molecular weight is 523 g/mol. The van der Waals surface area contributed by atoms with Crippen LogP contribution in [0.2, 0.25) is 0 Å². The van der Waals surface area contributed by atoms with Crippen molar-refractivity contribution < 1.29 is 17.9 Å². The number of nitrogens with one attached hydrogen (secondary N) is 1. The molecule has 5 rings (SSSR count). The summed E-state index contributed by atoms with van der Waals surface area (Å²) in [6.45, 7) is 3.92. The molecule has 0 radical (unpaired) electrons. The zero-order valence-electron chi connectivity index (χ0n) is 20.2. The van der Waals surface area contributed by atoms with Gasteiger partial charge >= 0.3 is 6.18 Å². The second-order valence-corrected chi connectivity index (χ2v) is 9.39. The Hall–Kier alpha value is -3.85. The summed E-state index contributed by atoms with van der Waals surface area (Å²) in [5, 5.41) is 3.88. The van der Waals surface area contributed by atoms with Gasteiger partial charge in [-0.15, -0.1) is 0 Å². The first kappa shape index (κ1) is 24.8. The first-order chi connectivity index (χ1) is 17.7. The monoisotopic (exact) mass is 522 g/mol. The van der Waals surface area contributed by atoms with Gasteiger partial charge in [0.05, 0.1) is 23.4 Å². The number of anilines is 1. The predicted molar refractivity (Wildman–Crippen MR) is 141 cm³/mol. The number of hydrogen-bond donors (Lipinski definition) is 1. The number of rotatable bonds is 6. The molecular formula is C28H25F3N4OS. The summed E-state index contributed by atoms with van der Waals surface area (Å²) in [7, 11) is 0. The molecule has 0 amide bonds. The Morgan fingerprint density at radius 3 is 2.41 bits per heavy atom. The van der Waals surface area contributed by atoms with Gasteiger partial charge in [-0.25, -0.2) is 0 Å². The van der Waals surface area contributed by atoms with Crippen LogP contribution in [0.1, 0.15) is 42.9 Å². The van der Waals surface area contributed by atoms with Gasteiger partial charge in [0.2, 0.25) is 0 Å². The largest absolute Gasteiger partial charge is 0.491 e. The second-order valence-electron chi connectivity index (χ2n) is 9.01. The molecule has 1 N–H and O–H groups in total. The highest BCUT2D eigenvalue weighted by Crippen LogP contribution is 2.43. The Kier molecular flexibility index (Phi) is 6.64. The van der Waals surface area contributed by atoms with Crippen molar-refractivity contribution in [1.82, 2.24) is 14.9 Å². The van der Waals surface area contributed by atoms with Crippen molar-refractivity contribution in [2.45, 2.75) is 38.2 Å². The van der Waals surface area contributed by atoms with Crippen LogP contribution in [0.5, 0.6) is 5.75 Å². The molecule has 0 aliphatic carbocycles. The van der Waals surface area contributed by atoms with Crippen LogP contribution < -0.4 is 15.0 Å². The van der Waals surface area contributed by atoms with Crippen molar-refractivity contribution >= 4 is 23.0 Å². The molecule has 3 heterocycles. The average Bonchev–Trinajstić information content (AvgIpc) is 3.49. The number of aromatic nitrogens is 2. The van der Waals surface area contributed by atoms with E-state index in [1.165, 1.54) is 6.07 Å². The van der Waals surface area contributed by atoms with Gasteiger partial charge in [-0.2, -0.15) is 13.2 Å². The third kappa shape index (κ3) is 5.04. The van der Waals surface area contributed by atoms with Crippen molar-refractivity contribution in [2.24, 2.45) is 0 Å². The van der Waals surface area contributed by atoms with Crippen LogP contribution in [0.4, 0.5) is 18.9 Å². The van der Waals surface area contributed by atoms with Crippen LogP contribution in [0.15, 0.2) is 91.3 Å². The number of alkyl halides is 3. The molecule has 4 aromatic rings. The number of ether oxygens (including phenoxy) is 1. The third-order valence-corrected chi connectivity index (χ3v) is 6.43. The van der Waals surface area contributed by atoms with E-state index < -0.39 is 11.7 Å². The molecule has 2 aromatic heterocycles. The smallest absolute Gasteiger partial charge is 0.416 e. The zero-order chi connectivity index (χ0) is 26.2. The lowest BCUT2D eigenvalue weighted by Crippen LogP contribution is -2.30. The normalized spacial score (nSPS) is 17.8. The molecule has 5 nitrogen and oxygen atoms in total. The minimum absolute atomic E-state index is 0.0393. The number of benzene rings is 2. The topological polar surface area (TPSA) is 42.3 Å². The van der Waals surface area contributed by atoms with E-state index in [-0.39, 0.29) is 18.2 Å². The van der Waals surface area contributed by atoms with Gasteiger partial charge < -0.3 is 19.5 Å². The molecule has 0 saturated carbocycles. The van der Waals surface area contributed by atoms with E-state index in [0.29, 0.717) is 10.8 Å². The van der Waals surface area contributed by atoms with E-state index in [0.717, 1.165) is 35.0 Å². The number of nitrogens with zero attached hydrogens (tertiary/aromatic N) is 3. The van der Waals surface area contributed by atoms with Gasteiger partial charge in [-0.05, 0) is 92.8 Å². The van der Waals surface area contributed by atoms with Crippen LogP contribution in [-0.2, 0) is 6.18 Å². The Morgan fingerprint density at radius 2 is 1.73 bits per heavy atom. The first-order valence-corrected chi connectivity index (χ1v) is 12.3. The fourth-order valence-corrected chi connectivity index (χ4v) is 4.94. The molecular weight excluding hydrogens is 497 g/mol. The second kappa shape index (κ2) is 9.89. The van der Waals surface area contributed by atoms with Crippen LogP contribution in [0.3, 0.4) is 0 Å². The van der Waals surface area contributed by atoms with Crippen LogP contribution >= 0.6 is 12.2 Å². The molecule has 1 fully saturated rings. The Bertz CT molecular complexity index is 1390. The molecule has 0 spiro atoms. The molecule has 190 valence electrons. The molecule has 37 heavy (non-hydrogen) atoms. The van der Waals surface area contributed by atoms with E-state index in [4.69, 9.17) is 17.0 Å². The number of hydrogen-bond acceptors (Lipinski definition) is 3. The number of thiocarbonyl (C=S) groups is 1. The lowest BCUT2D eigenvalue weighted by atomic mass is 10.0. The minimum atomic E-state index is -4.44. The summed E-state index contributed by atoms with van der Waals surface area (Å²) in [5.41, 5.74) is 2.07. The fraction of sp³-hybridized carbons (Fsp3) is 0.214. The maximum Gasteiger partial charge on any atom is 0.416 e. The van der Waals surface area contributed by atoms with E-state index in [1.54, 1.807) is 23.0 Å². The SMILES string of the molecule is CC(C)Oc1ccc(N2C(=S)N[C@H](c3ccccn3)[C@@H]2c2cccn2-c2cccc(C(F)(F)F)c2)cc1. The van der Waals surface area contributed by atoms with Crippen molar-refractivity contribution in [2.75, 3.05) is 4.90 Å². The third-order valence-electron chi connectivity index (χ3n) is 6.12. The molecule has 1 aliphatic heterocycles. The highest BCUT2D eigenvalue weighted by Gasteiger charge is 2.42. The van der Waals surface area contributed by atoms with Crippen LogP contribution in [0, 0.1) is 0 Å². The summed E-state index contributed by atoms with van der Waals surface area (Å²) < 4.78 is 48.0. The molecule has 0 bridgehead atoms. The summed E-state index contributed by atoms with van der Waals surface area (Å²) >= 11 is 5.78. The summed E-state index contributed by atoms with van der Waals surface area (Å²) in [5.74, 6) is 0.738. The Balaban J connectivity index is 1.61. The highest BCUT2D eigenvalue weighted by atomic mass is 32.1. The van der Waals surface area contributed by atoms with Gasteiger partial charge in [0, 0.05) is 29.5 Å². The van der Waals surface area contributed by atoms with E-state index >= 15 is 0 Å². The lowest BCUT2D eigenvalue weighted by Gasteiger charge is -2.29. The molecule has 9 heteroatoms. The molecule has 1 saturated heterocycles. The van der Waals surface area contributed by atoms with Gasteiger partial charge in [0.15, 0.2) is 5.11 Å². The van der Waals surface area contributed by atoms with Crippen LogP contribution in [-0.4, -0.2) is 20.8 Å². The summed E-state index contributed by atoms with van der Waals surface area (Å²) in [4.78, 5) is 6.53. The lowest BCUT2D eigenvalue weighted by molar-refractivity contribution is -0.137. The van der Waals surface area contributed by atoms with Crippen LogP contribution in [0.25, 0.3) is 5.69 Å².